The molecule has 128 valence electrons. The van der Waals surface area contributed by atoms with Crippen LogP contribution >= 0.6 is 0 Å². The summed E-state index contributed by atoms with van der Waals surface area (Å²) in [6.45, 7) is 2.74. The van der Waals surface area contributed by atoms with Crippen LogP contribution < -0.4 is 10.1 Å². The molecule has 2 amide bonds. The van der Waals surface area contributed by atoms with Crippen molar-refractivity contribution >= 4 is 11.7 Å². The number of ether oxygens (including phenoxy) is 1. The van der Waals surface area contributed by atoms with Crippen LogP contribution in [0.5, 0.6) is 5.75 Å². The minimum atomic E-state index is -0.342. The van der Waals surface area contributed by atoms with Crippen molar-refractivity contribution in [2.45, 2.75) is 19.3 Å². The molecule has 5 heteroatoms. The van der Waals surface area contributed by atoms with E-state index >= 15 is 0 Å². The Balaban J connectivity index is 1.97. The highest BCUT2D eigenvalue weighted by atomic mass is 16.7. The quantitative estimate of drug-likeness (QED) is 0.772. The van der Waals surface area contributed by atoms with Crippen molar-refractivity contribution in [2.75, 3.05) is 26.1 Å². The minimum absolute atomic E-state index is 0.337. The van der Waals surface area contributed by atoms with Crippen LogP contribution in [0, 0.1) is 0 Å². The predicted molar refractivity (Wildman–Crippen MR) is 95.2 cm³/mol. The van der Waals surface area contributed by atoms with Crippen molar-refractivity contribution in [1.82, 2.24) is 5.06 Å². The first kappa shape index (κ1) is 17.8. The third kappa shape index (κ3) is 4.99. The molecule has 0 aliphatic heterocycles. The normalized spacial score (nSPS) is 11.6. The van der Waals surface area contributed by atoms with E-state index < -0.39 is 0 Å². The van der Waals surface area contributed by atoms with Crippen molar-refractivity contribution in [3.8, 4) is 5.75 Å². The van der Waals surface area contributed by atoms with Crippen LogP contribution in [0.1, 0.15) is 24.8 Å². The summed E-state index contributed by atoms with van der Waals surface area (Å²) in [7, 11) is 2.98. The zero-order chi connectivity index (χ0) is 17.4. The second-order valence-electron chi connectivity index (χ2n) is 5.46. The number of benzene rings is 2. The number of hydrogen-bond acceptors (Lipinski definition) is 3. The summed E-state index contributed by atoms with van der Waals surface area (Å²) in [6, 6.07) is 17.3. The Morgan fingerprint density at radius 1 is 1.17 bits per heavy atom. The fraction of sp³-hybridized carbons (Fsp3) is 0.316. The maximum Gasteiger partial charge on any atom is 0.345 e. The number of carbonyl (C=O) groups excluding carboxylic acids is 1. The summed E-state index contributed by atoms with van der Waals surface area (Å²) in [6.07, 6.45) is 0.999. The molecule has 0 aromatic heterocycles. The number of nitrogens with zero attached hydrogens (tertiary/aromatic N) is 1. The molecule has 2 aromatic carbocycles. The molecular weight excluding hydrogens is 304 g/mol. The lowest BCUT2D eigenvalue weighted by molar-refractivity contribution is -0.0598. The summed E-state index contributed by atoms with van der Waals surface area (Å²) in [5.41, 5.74) is 1.93. The lowest BCUT2D eigenvalue weighted by Gasteiger charge is -2.17. The fourth-order valence-corrected chi connectivity index (χ4v) is 2.32. The Morgan fingerprint density at radius 2 is 1.92 bits per heavy atom. The molecule has 1 atom stereocenters. The number of hydrogen-bond donors (Lipinski definition) is 1. The van der Waals surface area contributed by atoms with E-state index in [4.69, 9.17) is 9.57 Å². The number of nitrogens with one attached hydrogen (secondary N) is 1. The van der Waals surface area contributed by atoms with E-state index in [1.165, 1.54) is 12.7 Å². The van der Waals surface area contributed by atoms with E-state index in [-0.39, 0.29) is 6.03 Å². The van der Waals surface area contributed by atoms with E-state index in [1.807, 2.05) is 36.4 Å². The van der Waals surface area contributed by atoms with Crippen LogP contribution in [0.15, 0.2) is 54.6 Å². The predicted octanol–water partition coefficient (Wildman–Crippen LogP) is 4.28. The van der Waals surface area contributed by atoms with Crippen LogP contribution in [0.3, 0.4) is 0 Å². The molecule has 1 unspecified atom stereocenters. The molecule has 0 saturated heterocycles. The van der Waals surface area contributed by atoms with Crippen molar-refractivity contribution in [1.29, 1.82) is 0 Å². The zero-order valence-electron chi connectivity index (χ0n) is 14.4. The SMILES string of the molecule is CCC(COc1cccc(NC(=O)N(C)OC)c1)c1ccccc1. The molecule has 0 aliphatic carbocycles. The van der Waals surface area contributed by atoms with Gasteiger partial charge in [0, 0.05) is 24.7 Å². The number of carbonyl (C=O) groups is 1. The number of hydroxylamine groups is 2. The average molecular weight is 328 g/mol. The van der Waals surface area contributed by atoms with E-state index in [9.17, 15) is 4.79 Å². The van der Waals surface area contributed by atoms with Gasteiger partial charge >= 0.3 is 6.03 Å². The third-order valence-corrected chi connectivity index (χ3v) is 3.86. The van der Waals surface area contributed by atoms with Gasteiger partial charge in [-0.3, -0.25) is 4.84 Å². The molecular formula is C19H24N2O3. The van der Waals surface area contributed by atoms with Crippen molar-refractivity contribution < 1.29 is 14.4 Å². The summed E-state index contributed by atoms with van der Waals surface area (Å²) in [5, 5.41) is 3.87. The van der Waals surface area contributed by atoms with Gasteiger partial charge < -0.3 is 10.1 Å². The molecule has 5 nitrogen and oxygen atoms in total. The Morgan fingerprint density at radius 3 is 2.58 bits per heavy atom. The number of anilines is 1. The minimum Gasteiger partial charge on any atom is -0.493 e. The molecule has 0 radical (unpaired) electrons. The van der Waals surface area contributed by atoms with Gasteiger partial charge in [-0.25, -0.2) is 9.86 Å². The molecule has 2 rings (SSSR count). The molecule has 24 heavy (non-hydrogen) atoms. The van der Waals surface area contributed by atoms with Crippen molar-refractivity contribution in [3.63, 3.8) is 0 Å². The van der Waals surface area contributed by atoms with E-state index in [2.05, 4.69) is 24.4 Å². The van der Waals surface area contributed by atoms with E-state index in [0.29, 0.717) is 18.2 Å². The number of rotatable bonds is 7. The van der Waals surface area contributed by atoms with Gasteiger partial charge in [-0.05, 0) is 24.1 Å². The highest BCUT2D eigenvalue weighted by Gasteiger charge is 2.11. The maximum atomic E-state index is 11.8. The Kier molecular flexibility index (Phi) is 6.63. The topological polar surface area (TPSA) is 50.8 Å². The molecule has 0 spiro atoms. The van der Waals surface area contributed by atoms with Gasteiger partial charge in [-0.2, -0.15) is 0 Å². The third-order valence-electron chi connectivity index (χ3n) is 3.86. The summed E-state index contributed by atoms with van der Waals surface area (Å²) in [4.78, 5) is 16.6. The van der Waals surface area contributed by atoms with Crippen LogP contribution in [0.2, 0.25) is 0 Å². The summed E-state index contributed by atoms with van der Waals surface area (Å²) < 4.78 is 5.93. The summed E-state index contributed by atoms with van der Waals surface area (Å²) in [5.74, 6) is 1.06. The lowest BCUT2D eigenvalue weighted by atomic mass is 9.98. The number of urea groups is 1. The molecule has 0 heterocycles. The molecule has 1 N–H and O–H groups in total. The van der Waals surface area contributed by atoms with Crippen LogP contribution in [-0.2, 0) is 4.84 Å². The molecule has 0 fully saturated rings. The smallest absolute Gasteiger partial charge is 0.345 e. The monoisotopic (exact) mass is 328 g/mol. The molecule has 0 aliphatic rings. The summed E-state index contributed by atoms with van der Waals surface area (Å²) >= 11 is 0. The van der Waals surface area contributed by atoms with E-state index in [1.54, 1.807) is 13.1 Å². The highest BCUT2D eigenvalue weighted by Crippen LogP contribution is 2.23. The van der Waals surface area contributed by atoms with Gasteiger partial charge in [0.05, 0.1) is 13.7 Å². The Labute approximate surface area is 143 Å². The zero-order valence-corrected chi connectivity index (χ0v) is 14.4. The second-order valence-corrected chi connectivity index (χ2v) is 5.46. The lowest BCUT2D eigenvalue weighted by Crippen LogP contribution is -2.30. The van der Waals surface area contributed by atoms with E-state index in [0.717, 1.165) is 17.2 Å². The Hall–Kier alpha value is -2.53. The van der Waals surface area contributed by atoms with Crippen molar-refractivity contribution in [2.24, 2.45) is 0 Å². The van der Waals surface area contributed by atoms with Gasteiger partial charge in [0.15, 0.2) is 0 Å². The van der Waals surface area contributed by atoms with Gasteiger partial charge in [0.2, 0.25) is 0 Å². The van der Waals surface area contributed by atoms with Gasteiger partial charge in [0.25, 0.3) is 0 Å². The maximum absolute atomic E-state index is 11.8. The first-order valence-electron chi connectivity index (χ1n) is 8.00. The molecule has 2 aromatic rings. The molecule has 0 bridgehead atoms. The first-order valence-corrected chi connectivity index (χ1v) is 8.00. The van der Waals surface area contributed by atoms with Gasteiger partial charge in [0.1, 0.15) is 5.75 Å². The molecule has 0 saturated carbocycles. The van der Waals surface area contributed by atoms with Crippen molar-refractivity contribution in [3.05, 3.63) is 60.2 Å². The standard InChI is InChI=1S/C19H24N2O3/c1-4-15(16-9-6-5-7-10-16)14-24-18-12-8-11-17(13-18)20-19(22)21(2)23-3/h5-13,15H,4,14H2,1-3H3,(H,20,22). The van der Waals surface area contributed by atoms with Gasteiger partial charge in [-0.1, -0.05) is 43.3 Å². The Bertz CT molecular complexity index is 646. The second kappa shape index (κ2) is 8.93. The van der Waals surface area contributed by atoms with Crippen LogP contribution in [0.4, 0.5) is 10.5 Å². The fourth-order valence-electron chi connectivity index (χ4n) is 2.32. The van der Waals surface area contributed by atoms with Crippen LogP contribution in [-0.4, -0.2) is 31.9 Å². The van der Waals surface area contributed by atoms with Gasteiger partial charge in [-0.15, -0.1) is 0 Å². The highest BCUT2D eigenvalue weighted by molar-refractivity contribution is 5.88. The average Bonchev–Trinajstić information content (AvgIpc) is 2.62. The van der Waals surface area contributed by atoms with Crippen LogP contribution in [0.25, 0.3) is 0 Å². The first-order chi connectivity index (χ1) is 11.6. The largest absolute Gasteiger partial charge is 0.493 e. The number of amides is 2.